The third-order valence-corrected chi connectivity index (χ3v) is 4.10. The van der Waals surface area contributed by atoms with Crippen LogP contribution in [-0.2, 0) is 21.4 Å². The molecular weight excluding hydrogens is 278 g/mol. The summed E-state index contributed by atoms with van der Waals surface area (Å²) in [7, 11) is -3.48. The van der Waals surface area contributed by atoms with Gasteiger partial charge in [-0.25, -0.2) is 13.1 Å². The molecule has 0 fully saturated rings. The van der Waals surface area contributed by atoms with E-state index in [-0.39, 0.29) is 11.5 Å². The lowest BCUT2D eigenvalue weighted by molar-refractivity contribution is 0.108. The van der Waals surface area contributed by atoms with E-state index in [0.29, 0.717) is 37.7 Å². The van der Waals surface area contributed by atoms with Gasteiger partial charge < -0.3 is 9.84 Å². The summed E-state index contributed by atoms with van der Waals surface area (Å²) in [4.78, 5) is 0.206. The number of rotatable bonds is 9. The van der Waals surface area contributed by atoms with Crippen molar-refractivity contribution in [3.63, 3.8) is 0 Å². The van der Waals surface area contributed by atoms with Gasteiger partial charge in [0.15, 0.2) is 0 Å². The Bertz CT molecular complexity index is 482. The molecule has 0 aliphatic rings. The summed E-state index contributed by atoms with van der Waals surface area (Å²) < 4.78 is 31.8. The highest BCUT2D eigenvalue weighted by molar-refractivity contribution is 7.89. The van der Waals surface area contributed by atoms with E-state index in [0.717, 1.165) is 0 Å². The van der Waals surface area contributed by atoms with Gasteiger partial charge in [-0.3, -0.25) is 0 Å². The quantitative estimate of drug-likeness (QED) is 0.678. The van der Waals surface area contributed by atoms with E-state index in [9.17, 15) is 8.42 Å². The van der Waals surface area contributed by atoms with Gasteiger partial charge in [-0.15, -0.1) is 0 Å². The molecule has 1 rings (SSSR count). The van der Waals surface area contributed by atoms with Crippen molar-refractivity contribution in [2.24, 2.45) is 5.92 Å². The van der Waals surface area contributed by atoms with Gasteiger partial charge >= 0.3 is 0 Å². The molecule has 2 N–H and O–H groups in total. The van der Waals surface area contributed by atoms with Crippen molar-refractivity contribution in [2.45, 2.75) is 31.8 Å². The van der Waals surface area contributed by atoms with Crippen molar-refractivity contribution in [2.75, 3.05) is 19.8 Å². The van der Waals surface area contributed by atoms with Crippen LogP contribution in [0, 0.1) is 5.92 Å². The summed E-state index contributed by atoms with van der Waals surface area (Å²) in [6.45, 7) is 5.63. The highest BCUT2D eigenvalue weighted by Crippen LogP contribution is 2.10. The fourth-order valence-corrected chi connectivity index (χ4v) is 2.63. The highest BCUT2D eigenvalue weighted by atomic mass is 32.2. The Hall–Kier alpha value is -0.950. The number of hydrogen-bond donors (Lipinski definition) is 2. The van der Waals surface area contributed by atoms with Crippen LogP contribution in [0.3, 0.4) is 0 Å². The van der Waals surface area contributed by atoms with Crippen LogP contribution in [0.2, 0.25) is 0 Å². The summed E-state index contributed by atoms with van der Waals surface area (Å²) in [5.41, 5.74) is 0.686. The monoisotopic (exact) mass is 301 g/mol. The molecule has 1 aromatic carbocycles. The Morgan fingerprint density at radius 3 is 2.45 bits per heavy atom. The molecule has 0 spiro atoms. The lowest BCUT2D eigenvalue weighted by Gasteiger charge is -2.09. The van der Waals surface area contributed by atoms with Crippen molar-refractivity contribution < 1.29 is 18.3 Å². The molecule has 0 atom stereocenters. The smallest absolute Gasteiger partial charge is 0.240 e. The third-order valence-electron chi connectivity index (χ3n) is 2.62. The molecule has 0 amide bonds. The van der Waals surface area contributed by atoms with Crippen molar-refractivity contribution >= 4 is 10.0 Å². The number of aliphatic hydroxyl groups is 1. The summed E-state index contributed by atoms with van der Waals surface area (Å²) >= 11 is 0. The molecule has 6 heteroatoms. The second-order valence-corrected chi connectivity index (χ2v) is 6.79. The molecule has 114 valence electrons. The van der Waals surface area contributed by atoms with Crippen molar-refractivity contribution in [1.82, 2.24) is 4.72 Å². The van der Waals surface area contributed by atoms with E-state index in [1.807, 2.05) is 0 Å². The number of hydrogen-bond acceptors (Lipinski definition) is 4. The molecule has 0 aliphatic heterocycles. The van der Waals surface area contributed by atoms with Gasteiger partial charge in [0.05, 0.1) is 11.5 Å². The van der Waals surface area contributed by atoms with Gasteiger partial charge in [-0.05, 0) is 30.0 Å². The van der Waals surface area contributed by atoms with Gasteiger partial charge in [-0.2, -0.15) is 0 Å². The number of sulfonamides is 1. The van der Waals surface area contributed by atoms with Crippen molar-refractivity contribution in [3.05, 3.63) is 29.8 Å². The molecule has 0 bridgehead atoms. The van der Waals surface area contributed by atoms with E-state index in [1.165, 1.54) is 12.1 Å². The third kappa shape index (κ3) is 6.00. The first-order valence-corrected chi connectivity index (χ1v) is 8.21. The van der Waals surface area contributed by atoms with E-state index in [2.05, 4.69) is 18.6 Å². The van der Waals surface area contributed by atoms with Crippen LogP contribution in [0.25, 0.3) is 0 Å². The van der Waals surface area contributed by atoms with Crippen LogP contribution >= 0.6 is 0 Å². The maximum Gasteiger partial charge on any atom is 0.240 e. The van der Waals surface area contributed by atoms with E-state index >= 15 is 0 Å². The van der Waals surface area contributed by atoms with Gasteiger partial charge in [-0.1, -0.05) is 26.0 Å². The molecule has 0 aliphatic carbocycles. The van der Waals surface area contributed by atoms with E-state index < -0.39 is 10.0 Å². The first-order valence-electron chi connectivity index (χ1n) is 6.73. The van der Waals surface area contributed by atoms with Crippen LogP contribution in [0.1, 0.15) is 25.8 Å². The fraction of sp³-hybridized carbons (Fsp3) is 0.571. The first-order chi connectivity index (χ1) is 9.45. The average Bonchev–Trinajstić information content (AvgIpc) is 2.42. The minimum Gasteiger partial charge on any atom is -0.392 e. The van der Waals surface area contributed by atoms with Crippen LogP contribution < -0.4 is 4.72 Å². The largest absolute Gasteiger partial charge is 0.392 e. The number of ether oxygens (including phenoxy) is 1. The molecule has 0 heterocycles. The Balaban J connectivity index is 2.37. The van der Waals surface area contributed by atoms with Crippen LogP contribution in [0.15, 0.2) is 29.2 Å². The molecule has 0 unspecified atom stereocenters. The van der Waals surface area contributed by atoms with E-state index in [4.69, 9.17) is 9.84 Å². The van der Waals surface area contributed by atoms with Crippen LogP contribution in [-0.4, -0.2) is 33.3 Å². The Kier molecular flexibility index (Phi) is 7.15. The Morgan fingerprint density at radius 1 is 1.25 bits per heavy atom. The lowest BCUT2D eigenvalue weighted by Crippen LogP contribution is -2.25. The predicted octanol–water partition coefficient (Wildman–Crippen LogP) is 1.52. The molecule has 0 aromatic heterocycles. The normalized spacial score (nSPS) is 12.0. The van der Waals surface area contributed by atoms with Crippen LogP contribution in [0.5, 0.6) is 0 Å². The molecule has 5 nitrogen and oxygen atoms in total. The SMILES string of the molecule is CC(C)COCCCNS(=O)(=O)c1ccc(CO)cc1. The van der Waals surface area contributed by atoms with Gasteiger partial charge in [0.25, 0.3) is 0 Å². The lowest BCUT2D eigenvalue weighted by atomic mass is 10.2. The molecule has 0 radical (unpaired) electrons. The molecular formula is C14H23NO4S. The summed E-state index contributed by atoms with van der Waals surface area (Å²) in [5.74, 6) is 0.483. The Labute approximate surface area is 121 Å². The molecule has 20 heavy (non-hydrogen) atoms. The highest BCUT2D eigenvalue weighted by Gasteiger charge is 2.12. The van der Waals surface area contributed by atoms with Gasteiger partial charge in [0, 0.05) is 19.8 Å². The zero-order chi connectivity index (χ0) is 15.0. The predicted molar refractivity (Wildman–Crippen MR) is 77.8 cm³/mol. The minimum absolute atomic E-state index is 0.0963. The molecule has 0 saturated heterocycles. The van der Waals surface area contributed by atoms with Gasteiger partial charge in [0.1, 0.15) is 0 Å². The second kappa shape index (κ2) is 8.36. The first kappa shape index (κ1) is 17.1. The summed E-state index contributed by atoms with van der Waals surface area (Å²) in [6, 6.07) is 6.17. The number of aliphatic hydroxyl groups excluding tert-OH is 1. The topological polar surface area (TPSA) is 75.6 Å². The fourth-order valence-electron chi connectivity index (χ4n) is 1.56. The van der Waals surface area contributed by atoms with Crippen molar-refractivity contribution in [1.29, 1.82) is 0 Å². The number of benzene rings is 1. The Morgan fingerprint density at radius 2 is 1.90 bits per heavy atom. The summed E-state index contributed by atoms with van der Waals surface area (Å²) in [6.07, 6.45) is 0.640. The van der Waals surface area contributed by atoms with Crippen LogP contribution in [0.4, 0.5) is 0 Å². The van der Waals surface area contributed by atoms with Crippen molar-refractivity contribution in [3.8, 4) is 0 Å². The maximum atomic E-state index is 12.0. The van der Waals surface area contributed by atoms with Gasteiger partial charge in [0.2, 0.25) is 10.0 Å². The standard InChI is InChI=1S/C14H23NO4S/c1-12(2)11-19-9-3-8-15-20(17,18)14-6-4-13(10-16)5-7-14/h4-7,12,15-16H,3,8-11H2,1-2H3. The zero-order valence-corrected chi connectivity index (χ0v) is 12.8. The average molecular weight is 301 g/mol. The summed E-state index contributed by atoms with van der Waals surface area (Å²) in [5, 5.41) is 8.92. The second-order valence-electron chi connectivity index (χ2n) is 5.02. The zero-order valence-electron chi connectivity index (χ0n) is 12.0. The minimum atomic E-state index is -3.48. The number of nitrogens with one attached hydrogen (secondary N) is 1. The molecule has 1 aromatic rings. The maximum absolute atomic E-state index is 12.0. The molecule has 0 saturated carbocycles. The van der Waals surface area contributed by atoms with E-state index in [1.54, 1.807) is 12.1 Å².